The molecule has 10 nitrogen and oxygen atoms in total. The Morgan fingerprint density at radius 1 is 1.26 bits per heavy atom. The third-order valence-electron chi connectivity index (χ3n) is 5.43. The number of carbonyl (C=O) groups is 1. The van der Waals surface area contributed by atoms with Gasteiger partial charge in [0.2, 0.25) is 0 Å². The highest BCUT2D eigenvalue weighted by Crippen LogP contribution is 2.37. The van der Waals surface area contributed by atoms with E-state index in [9.17, 15) is 9.59 Å². The van der Waals surface area contributed by atoms with Crippen LogP contribution in [0.2, 0.25) is 0 Å². The lowest BCUT2D eigenvalue weighted by atomic mass is 10.00. The number of carboxylic acid groups (broad SMARTS) is 1. The third-order valence-corrected chi connectivity index (χ3v) is 5.43. The number of hydrogen-bond donors (Lipinski definition) is 2. The van der Waals surface area contributed by atoms with Gasteiger partial charge in [-0.15, -0.1) is 0 Å². The number of pyridine rings is 1. The highest BCUT2D eigenvalue weighted by atomic mass is 16.5. The van der Waals surface area contributed by atoms with E-state index in [0.29, 0.717) is 42.0 Å². The first kappa shape index (κ1) is 20.6. The van der Waals surface area contributed by atoms with Crippen LogP contribution < -0.4 is 20.3 Å². The number of benzene rings is 1. The number of nitrogens with zero attached hydrogens (tertiary/aromatic N) is 4. The Hall–Kier alpha value is -3.66. The smallest absolute Gasteiger partial charge is 0.404 e. The summed E-state index contributed by atoms with van der Waals surface area (Å²) in [6.07, 6.45) is 3.66. The first-order valence-electron chi connectivity index (χ1n) is 9.67. The van der Waals surface area contributed by atoms with Gasteiger partial charge in [0, 0.05) is 44.6 Å². The van der Waals surface area contributed by atoms with Crippen molar-refractivity contribution in [1.29, 1.82) is 0 Å². The summed E-state index contributed by atoms with van der Waals surface area (Å²) in [5.74, 6) is 1.28. The molecule has 0 spiro atoms. The SMILES string of the molecule is COc1cc(-c2cn(C)c(=O)c3cncnc23)cc(OC)c1CN1CC(NC(=O)O)C1. The van der Waals surface area contributed by atoms with Crippen molar-refractivity contribution in [3.63, 3.8) is 0 Å². The van der Waals surface area contributed by atoms with Crippen LogP contribution in [-0.2, 0) is 13.6 Å². The van der Waals surface area contributed by atoms with Gasteiger partial charge in [0.05, 0.1) is 36.7 Å². The maximum Gasteiger partial charge on any atom is 0.404 e. The Morgan fingerprint density at radius 3 is 2.55 bits per heavy atom. The van der Waals surface area contributed by atoms with Crippen LogP contribution in [0.3, 0.4) is 0 Å². The van der Waals surface area contributed by atoms with E-state index in [-0.39, 0.29) is 11.6 Å². The number of likely N-dealkylation sites (tertiary alicyclic amines) is 1. The summed E-state index contributed by atoms with van der Waals surface area (Å²) in [6.45, 7) is 1.78. The van der Waals surface area contributed by atoms with E-state index in [1.807, 2.05) is 12.1 Å². The normalized spacial score (nSPS) is 14.3. The van der Waals surface area contributed by atoms with Gasteiger partial charge in [0.1, 0.15) is 17.8 Å². The van der Waals surface area contributed by atoms with Crippen LogP contribution in [0, 0.1) is 0 Å². The Morgan fingerprint density at radius 2 is 1.94 bits per heavy atom. The third kappa shape index (κ3) is 3.89. The summed E-state index contributed by atoms with van der Waals surface area (Å²) in [5, 5.41) is 11.8. The number of aryl methyl sites for hydroxylation is 1. The molecule has 31 heavy (non-hydrogen) atoms. The first-order valence-corrected chi connectivity index (χ1v) is 9.67. The molecule has 1 amide bonds. The number of fused-ring (bicyclic) bond motifs is 1. The summed E-state index contributed by atoms with van der Waals surface area (Å²) in [7, 11) is 4.87. The minimum Gasteiger partial charge on any atom is -0.496 e. The molecule has 162 valence electrons. The predicted octanol–water partition coefficient (Wildman–Crippen LogP) is 1.46. The molecule has 1 aliphatic heterocycles. The van der Waals surface area contributed by atoms with Crippen molar-refractivity contribution in [3.8, 4) is 22.6 Å². The molecule has 1 fully saturated rings. The molecule has 1 aliphatic rings. The van der Waals surface area contributed by atoms with Crippen molar-refractivity contribution >= 4 is 17.0 Å². The fourth-order valence-corrected chi connectivity index (χ4v) is 3.90. The van der Waals surface area contributed by atoms with Gasteiger partial charge in [-0.2, -0.15) is 0 Å². The van der Waals surface area contributed by atoms with Crippen molar-refractivity contribution in [2.75, 3.05) is 27.3 Å². The van der Waals surface area contributed by atoms with Crippen LogP contribution in [0.25, 0.3) is 22.0 Å². The zero-order valence-corrected chi connectivity index (χ0v) is 17.5. The number of amides is 1. The number of methoxy groups -OCH3 is 2. The maximum atomic E-state index is 12.5. The van der Waals surface area contributed by atoms with Gasteiger partial charge in [0.25, 0.3) is 5.56 Å². The van der Waals surface area contributed by atoms with Crippen molar-refractivity contribution in [2.45, 2.75) is 12.6 Å². The van der Waals surface area contributed by atoms with E-state index in [4.69, 9.17) is 14.6 Å². The van der Waals surface area contributed by atoms with Gasteiger partial charge >= 0.3 is 6.09 Å². The lowest BCUT2D eigenvalue weighted by molar-refractivity contribution is 0.109. The van der Waals surface area contributed by atoms with Crippen molar-refractivity contribution in [3.05, 3.63) is 46.8 Å². The lowest BCUT2D eigenvalue weighted by Crippen LogP contribution is -2.58. The average Bonchev–Trinajstić information content (AvgIpc) is 2.74. The molecular formula is C21H23N5O5. The lowest BCUT2D eigenvalue weighted by Gasteiger charge is -2.39. The molecule has 3 heterocycles. The molecule has 0 atom stereocenters. The number of rotatable bonds is 6. The minimum atomic E-state index is -1.02. The Bertz CT molecular complexity index is 1180. The number of ether oxygens (including phenoxy) is 2. The quantitative estimate of drug-likeness (QED) is 0.609. The molecule has 0 bridgehead atoms. The van der Waals surface area contributed by atoms with E-state index in [1.165, 1.54) is 17.1 Å². The van der Waals surface area contributed by atoms with Gasteiger partial charge in [-0.05, 0) is 17.7 Å². The van der Waals surface area contributed by atoms with Crippen LogP contribution in [-0.4, -0.2) is 64.0 Å². The molecular weight excluding hydrogens is 402 g/mol. The van der Waals surface area contributed by atoms with Gasteiger partial charge in [-0.25, -0.2) is 14.8 Å². The molecule has 1 saturated heterocycles. The van der Waals surface area contributed by atoms with E-state index in [0.717, 1.165) is 16.7 Å². The van der Waals surface area contributed by atoms with Gasteiger partial charge < -0.3 is 24.5 Å². The predicted molar refractivity (Wildman–Crippen MR) is 114 cm³/mol. The molecule has 0 unspecified atom stereocenters. The summed E-state index contributed by atoms with van der Waals surface area (Å²) in [6, 6.07) is 3.71. The number of nitrogens with one attached hydrogen (secondary N) is 1. The molecule has 4 rings (SSSR count). The monoisotopic (exact) mass is 425 g/mol. The zero-order valence-electron chi connectivity index (χ0n) is 17.5. The zero-order chi connectivity index (χ0) is 22.1. The van der Waals surface area contributed by atoms with E-state index in [2.05, 4.69) is 20.2 Å². The van der Waals surface area contributed by atoms with Crippen molar-refractivity contribution in [1.82, 2.24) is 24.8 Å². The standard InChI is InChI=1S/C21H23N5O5/c1-25-9-15(19-14(20(25)27)6-22-11-23-19)12-4-17(30-2)16(18(5-12)31-3)10-26-7-13(8-26)24-21(28)29/h4-6,9,11,13,24H,7-8,10H2,1-3H3,(H,28,29). The number of aromatic nitrogens is 3. The fourth-order valence-electron chi connectivity index (χ4n) is 3.90. The minimum absolute atomic E-state index is 0.0783. The highest BCUT2D eigenvalue weighted by Gasteiger charge is 2.29. The highest BCUT2D eigenvalue weighted by molar-refractivity contribution is 5.92. The molecule has 2 N–H and O–H groups in total. The van der Waals surface area contributed by atoms with Crippen molar-refractivity contribution in [2.24, 2.45) is 7.05 Å². The van der Waals surface area contributed by atoms with Crippen LogP contribution >= 0.6 is 0 Å². The van der Waals surface area contributed by atoms with E-state index >= 15 is 0 Å². The molecule has 3 aromatic rings. The fraction of sp³-hybridized carbons (Fsp3) is 0.333. The summed E-state index contributed by atoms with van der Waals surface area (Å²) in [4.78, 5) is 33.6. The molecule has 0 aliphatic carbocycles. The topological polar surface area (TPSA) is 119 Å². The second-order valence-corrected chi connectivity index (χ2v) is 7.44. The second kappa shape index (κ2) is 8.23. The van der Waals surface area contributed by atoms with E-state index < -0.39 is 6.09 Å². The average molecular weight is 425 g/mol. The summed E-state index contributed by atoms with van der Waals surface area (Å²) >= 11 is 0. The van der Waals surface area contributed by atoms with Gasteiger partial charge in [0.15, 0.2) is 0 Å². The molecule has 2 aromatic heterocycles. The second-order valence-electron chi connectivity index (χ2n) is 7.44. The Balaban J connectivity index is 1.72. The molecule has 0 radical (unpaired) electrons. The molecule has 0 saturated carbocycles. The number of hydrogen-bond acceptors (Lipinski definition) is 7. The molecule has 10 heteroatoms. The van der Waals surface area contributed by atoms with Crippen molar-refractivity contribution < 1.29 is 19.4 Å². The van der Waals surface area contributed by atoms with Gasteiger partial charge in [-0.3, -0.25) is 9.69 Å². The van der Waals surface area contributed by atoms with E-state index in [1.54, 1.807) is 27.5 Å². The maximum absolute atomic E-state index is 12.5. The Kier molecular flexibility index (Phi) is 5.47. The van der Waals surface area contributed by atoms with Gasteiger partial charge in [-0.1, -0.05) is 0 Å². The van der Waals surface area contributed by atoms with Crippen LogP contribution in [0.5, 0.6) is 11.5 Å². The first-order chi connectivity index (χ1) is 14.9. The summed E-state index contributed by atoms with van der Waals surface area (Å²) in [5.41, 5.74) is 2.81. The largest absolute Gasteiger partial charge is 0.496 e. The van der Waals surface area contributed by atoms with Crippen LogP contribution in [0.4, 0.5) is 4.79 Å². The summed E-state index contributed by atoms with van der Waals surface area (Å²) < 4.78 is 12.8. The Labute approximate surface area is 178 Å². The molecule has 1 aromatic carbocycles. The van der Waals surface area contributed by atoms with Crippen LogP contribution in [0.1, 0.15) is 5.56 Å². The van der Waals surface area contributed by atoms with Crippen LogP contribution in [0.15, 0.2) is 35.6 Å².